The molecule has 1 fully saturated rings. The molecule has 1 unspecified atom stereocenters. The first-order chi connectivity index (χ1) is 8.74. The highest BCUT2D eigenvalue weighted by molar-refractivity contribution is 5.86. The van der Waals surface area contributed by atoms with Crippen molar-refractivity contribution in [1.29, 1.82) is 0 Å². The number of carbonyl (C=O) groups excluding carboxylic acids is 1. The number of anilines is 1. The van der Waals surface area contributed by atoms with E-state index in [0.29, 0.717) is 5.92 Å². The number of carbonyl (C=O) groups is 1. The lowest BCUT2D eigenvalue weighted by molar-refractivity contribution is 0.0592. The molecule has 0 bridgehead atoms. The molecule has 98 valence electrons. The standard InChI is InChI=1S/C12H18N4O2/c1-13-7-9-5-6-16(8-9)11-4-3-10(14-15-11)12(17)18-2/h3-4,9,13H,5-8H2,1-2H3. The maximum absolute atomic E-state index is 11.2. The van der Waals surface area contributed by atoms with Crippen LogP contribution in [0.5, 0.6) is 0 Å². The molecule has 0 aromatic carbocycles. The topological polar surface area (TPSA) is 67.4 Å². The van der Waals surface area contributed by atoms with Gasteiger partial charge in [0.2, 0.25) is 0 Å². The van der Waals surface area contributed by atoms with Gasteiger partial charge in [-0.15, -0.1) is 10.2 Å². The Balaban J connectivity index is 2.00. The minimum Gasteiger partial charge on any atom is -0.464 e. The Bertz CT molecular complexity index is 407. The first kappa shape index (κ1) is 12.8. The van der Waals surface area contributed by atoms with Crippen molar-refractivity contribution >= 4 is 11.8 Å². The molecule has 6 nitrogen and oxygen atoms in total. The fraction of sp³-hybridized carbons (Fsp3) is 0.583. The lowest BCUT2D eigenvalue weighted by Crippen LogP contribution is -2.25. The van der Waals surface area contributed by atoms with Crippen molar-refractivity contribution in [1.82, 2.24) is 15.5 Å². The van der Waals surface area contributed by atoms with E-state index in [2.05, 4.69) is 25.2 Å². The van der Waals surface area contributed by atoms with Gasteiger partial charge in [-0.05, 0) is 38.1 Å². The largest absolute Gasteiger partial charge is 0.464 e. The maximum atomic E-state index is 11.2. The smallest absolute Gasteiger partial charge is 0.358 e. The molecule has 0 radical (unpaired) electrons. The minimum atomic E-state index is -0.455. The van der Waals surface area contributed by atoms with E-state index < -0.39 is 5.97 Å². The molecule has 0 amide bonds. The molecule has 2 rings (SSSR count). The second kappa shape index (κ2) is 5.77. The number of nitrogens with zero attached hydrogens (tertiary/aromatic N) is 3. The predicted octanol–water partition coefficient (Wildman–Crippen LogP) is 0.309. The van der Waals surface area contributed by atoms with Gasteiger partial charge in [0, 0.05) is 13.1 Å². The van der Waals surface area contributed by atoms with E-state index in [9.17, 15) is 4.79 Å². The zero-order valence-electron chi connectivity index (χ0n) is 10.7. The van der Waals surface area contributed by atoms with Crippen molar-refractivity contribution in [2.24, 2.45) is 5.92 Å². The van der Waals surface area contributed by atoms with Crippen LogP contribution in [0.1, 0.15) is 16.9 Å². The average Bonchev–Trinajstić information content (AvgIpc) is 2.87. The third-order valence-electron chi connectivity index (χ3n) is 3.15. The van der Waals surface area contributed by atoms with Crippen molar-refractivity contribution in [3.63, 3.8) is 0 Å². The van der Waals surface area contributed by atoms with Gasteiger partial charge in [0.15, 0.2) is 11.5 Å². The van der Waals surface area contributed by atoms with Crippen LogP contribution >= 0.6 is 0 Å². The maximum Gasteiger partial charge on any atom is 0.358 e. The third kappa shape index (κ3) is 2.76. The van der Waals surface area contributed by atoms with Crippen molar-refractivity contribution in [3.8, 4) is 0 Å². The van der Waals surface area contributed by atoms with Crippen LogP contribution in [0.15, 0.2) is 12.1 Å². The summed E-state index contributed by atoms with van der Waals surface area (Å²) in [6, 6.07) is 3.47. The highest BCUT2D eigenvalue weighted by atomic mass is 16.5. The Kier molecular flexibility index (Phi) is 4.09. The summed E-state index contributed by atoms with van der Waals surface area (Å²) in [5, 5.41) is 11.2. The summed E-state index contributed by atoms with van der Waals surface area (Å²) < 4.78 is 4.59. The molecule has 1 aliphatic rings. The van der Waals surface area contributed by atoms with Gasteiger partial charge in [0.1, 0.15) is 0 Å². The third-order valence-corrected chi connectivity index (χ3v) is 3.15. The summed E-state index contributed by atoms with van der Waals surface area (Å²) in [5.74, 6) is 1.02. The molecule has 1 aliphatic heterocycles. The van der Waals surface area contributed by atoms with Crippen LogP contribution in [-0.2, 0) is 4.74 Å². The molecule has 1 N–H and O–H groups in total. The number of nitrogens with one attached hydrogen (secondary N) is 1. The van der Waals surface area contributed by atoms with Crippen molar-refractivity contribution in [2.75, 3.05) is 38.7 Å². The molecular formula is C12H18N4O2. The van der Waals surface area contributed by atoms with E-state index in [1.807, 2.05) is 13.1 Å². The van der Waals surface area contributed by atoms with Gasteiger partial charge in [-0.1, -0.05) is 0 Å². The molecule has 0 spiro atoms. The van der Waals surface area contributed by atoms with Crippen LogP contribution in [0.4, 0.5) is 5.82 Å². The summed E-state index contributed by atoms with van der Waals surface area (Å²) in [7, 11) is 3.30. The van der Waals surface area contributed by atoms with Crippen LogP contribution in [0, 0.1) is 5.92 Å². The molecule has 2 heterocycles. The zero-order chi connectivity index (χ0) is 13.0. The van der Waals surface area contributed by atoms with Gasteiger partial charge >= 0.3 is 5.97 Å². The van der Waals surface area contributed by atoms with Gasteiger partial charge in [0.05, 0.1) is 7.11 Å². The summed E-state index contributed by atoms with van der Waals surface area (Å²) in [6.07, 6.45) is 1.15. The van der Waals surface area contributed by atoms with E-state index in [-0.39, 0.29) is 5.69 Å². The average molecular weight is 250 g/mol. The molecule has 6 heteroatoms. The highest BCUT2D eigenvalue weighted by Gasteiger charge is 2.23. The normalized spacial score (nSPS) is 19.0. The number of methoxy groups -OCH3 is 1. The molecule has 0 saturated carbocycles. The molecule has 1 atom stereocenters. The summed E-state index contributed by atoms with van der Waals surface area (Å²) >= 11 is 0. The van der Waals surface area contributed by atoms with E-state index in [1.165, 1.54) is 7.11 Å². The molecule has 18 heavy (non-hydrogen) atoms. The fourth-order valence-electron chi connectivity index (χ4n) is 2.20. The van der Waals surface area contributed by atoms with Crippen LogP contribution in [-0.4, -0.2) is 50.0 Å². The molecule has 1 saturated heterocycles. The molecule has 1 aromatic heterocycles. The number of ether oxygens (including phenoxy) is 1. The van der Waals surface area contributed by atoms with Gasteiger partial charge in [0.25, 0.3) is 0 Å². The number of hydrogen-bond acceptors (Lipinski definition) is 6. The van der Waals surface area contributed by atoms with Crippen LogP contribution < -0.4 is 10.2 Å². The van der Waals surface area contributed by atoms with E-state index in [4.69, 9.17) is 0 Å². The van der Waals surface area contributed by atoms with Crippen molar-refractivity contribution in [3.05, 3.63) is 17.8 Å². The van der Waals surface area contributed by atoms with Crippen LogP contribution in [0.3, 0.4) is 0 Å². The Labute approximate surface area is 106 Å². The number of esters is 1. The van der Waals surface area contributed by atoms with Gasteiger partial charge in [-0.3, -0.25) is 0 Å². The van der Waals surface area contributed by atoms with Gasteiger partial charge in [-0.25, -0.2) is 4.79 Å². The summed E-state index contributed by atoms with van der Waals surface area (Å²) in [6.45, 7) is 2.98. The second-order valence-electron chi connectivity index (χ2n) is 4.43. The van der Waals surface area contributed by atoms with Crippen molar-refractivity contribution < 1.29 is 9.53 Å². The first-order valence-electron chi connectivity index (χ1n) is 6.06. The second-order valence-corrected chi connectivity index (χ2v) is 4.43. The minimum absolute atomic E-state index is 0.243. The lowest BCUT2D eigenvalue weighted by atomic mass is 10.1. The predicted molar refractivity (Wildman–Crippen MR) is 67.6 cm³/mol. The van der Waals surface area contributed by atoms with Crippen LogP contribution in [0.2, 0.25) is 0 Å². The van der Waals surface area contributed by atoms with Crippen molar-refractivity contribution in [2.45, 2.75) is 6.42 Å². The first-order valence-corrected chi connectivity index (χ1v) is 6.06. The Morgan fingerprint density at radius 1 is 1.56 bits per heavy atom. The summed E-state index contributed by atoms with van der Waals surface area (Å²) in [4.78, 5) is 13.4. The van der Waals surface area contributed by atoms with Gasteiger partial charge < -0.3 is 15.0 Å². The Morgan fingerprint density at radius 2 is 2.39 bits per heavy atom. The van der Waals surface area contributed by atoms with E-state index in [1.54, 1.807) is 6.07 Å². The van der Waals surface area contributed by atoms with Crippen LogP contribution in [0.25, 0.3) is 0 Å². The zero-order valence-corrected chi connectivity index (χ0v) is 10.7. The fourth-order valence-corrected chi connectivity index (χ4v) is 2.20. The number of hydrogen-bond donors (Lipinski definition) is 1. The number of aromatic nitrogens is 2. The summed E-state index contributed by atoms with van der Waals surface area (Å²) in [5.41, 5.74) is 0.243. The SMILES string of the molecule is CNCC1CCN(c2ccc(C(=O)OC)nn2)C1. The molecule has 1 aromatic rings. The monoisotopic (exact) mass is 250 g/mol. The lowest BCUT2D eigenvalue weighted by Gasteiger charge is -2.16. The van der Waals surface area contributed by atoms with E-state index >= 15 is 0 Å². The molecule has 0 aliphatic carbocycles. The van der Waals surface area contributed by atoms with E-state index in [0.717, 1.165) is 31.9 Å². The highest BCUT2D eigenvalue weighted by Crippen LogP contribution is 2.21. The Morgan fingerprint density at radius 3 is 3.00 bits per heavy atom. The number of rotatable bonds is 4. The quantitative estimate of drug-likeness (QED) is 0.776. The molecular weight excluding hydrogens is 232 g/mol. The Hall–Kier alpha value is -1.69. The van der Waals surface area contributed by atoms with Gasteiger partial charge in [-0.2, -0.15) is 0 Å².